The maximum absolute atomic E-state index is 12.3. The maximum atomic E-state index is 12.3. The van der Waals surface area contributed by atoms with Crippen molar-refractivity contribution in [2.24, 2.45) is 0 Å². The van der Waals surface area contributed by atoms with Gasteiger partial charge < -0.3 is 14.2 Å². The van der Waals surface area contributed by atoms with E-state index in [1.54, 1.807) is 37.3 Å². The number of ether oxygens (including phenoxy) is 3. The van der Waals surface area contributed by atoms with Crippen molar-refractivity contribution in [2.75, 3.05) is 19.8 Å². The van der Waals surface area contributed by atoms with E-state index < -0.39 is 17.8 Å². The zero-order valence-electron chi connectivity index (χ0n) is 18.1. The molecule has 0 aliphatic rings. The number of hydrazine groups is 1. The first-order valence-corrected chi connectivity index (χ1v) is 11.3. The lowest BCUT2D eigenvalue weighted by Crippen LogP contribution is -2.49. The van der Waals surface area contributed by atoms with Crippen LogP contribution in [-0.2, 0) is 9.53 Å². The normalized spacial score (nSPS) is 10.0. The number of hydrogen-bond donors (Lipinski definition) is 3. The first-order chi connectivity index (χ1) is 15.8. The molecule has 2 amide bonds. The molecule has 0 spiro atoms. The van der Waals surface area contributed by atoms with Gasteiger partial charge >= 0.3 is 5.97 Å². The number of thiocarbonyl (C=S) groups is 1. The van der Waals surface area contributed by atoms with Crippen LogP contribution in [0.2, 0.25) is 0 Å². The Hall–Kier alpha value is -3.18. The van der Waals surface area contributed by atoms with E-state index in [4.69, 9.17) is 26.4 Å². The number of nitrogens with one attached hydrogen (secondary N) is 3. The summed E-state index contributed by atoms with van der Waals surface area (Å²) in [5, 5.41) is 2.37. The van der Waals surface area contributed by atoms with Gasteiger partial charge in [0.1, 0.15) is 11.5 Å². The molecule has 0 aliphatic heterocycles. The van der Waals surface area contributed by atoms with Crippen LogP contribution in [0.25, 0.3) is 0 Å². The first-order valence-electron chi connectivity index (χ1n) is 10.1. The number of benzene rings is 2. The molecular weight excluding hydrogens is 514 g/mol. The molecule has 2 aromatic carbocycles. The van der Waals surface area contributed by atoms with E-state index in [9.17, 15) is 14.4 Å². The molecule has 0 saturated carbocycles. The fraction of sp³-hybridized carbons (Fsp3) is 0.273. The number of rotatable bonds is 9. The van der Waals surface area contributed by atoms with Crippen LogP contribution in [0, 0.1) is 0 Å². The van der Waals surface area contributed by atoms with Crippen molar-refractivity contribution in [3.63, 3.8) is 0 Å². The number of halogens is 1. The van der Waals surface area contributed by atoms with Crippen LogP contribution in [0.1, 0.15) is 41.0 Å². The molecule has 2 aromatic rings. The fourth-order valence-electron chi connectivity index (χ4n) is 2.39. The maximum Gasteiger partial charge on any atom is 0.338 e. The Morgan fingerprint density at radius 1 is 0.970 bits per heavy atom. The van der Waals surface area contributed by atoms with Gasteiger partial charge in [0.2, 0.25) is 0 Å². The Balaban J connectivity index is 1.75. The minimum atomic E-state index is -0.527. The molecule has 0 fully saturated rings. The summed E-state index contributed by atoms with van der Waals surface area (Å²) in [7, 11) is 0. The minimum Gasteiger partial charge on any atom is -0.492 e. The van der Waals surface area contributed by atoms with Gasteiger partial charge in [-0.15, -0.1) is 0 Å². The highest BCUT2D eigenvalue weighted by molar-refractivity contribution is 9.10. The molecule has 11 heteroatoms. The molecule has 0 saturated heterocycles. The highest BCUT2D eigenvalue weighted by atomic mass is 79.9. The van der Waals surface area contributed by atoms with Crippen molar-refractivity contribution in [3.8, 4) is 11.5 Å². The molecule has 0 aromatic heterocycles. The van der Waals surface area contributed by atoms with Crippen molar-refractivity contribution in [3.05, 3.63) is 58.1 Å². The summed E-state index contributed by atoms with van der Waals surface area (Å²) in [4.78, 5) is 35.9. The van der Waals surface area contributed by atoms with Gasteiger partial charge in [-0.2, -0.15) is 0 Å². The SMILES string of the molecule is CCCOc1ccc(C(=O)NC(=S)NNC(=O)COc2ccc(C(=O)OCC)cc2)cc1Br. The quantitative estimate of drug-likeness (QED) is 0.254. The Bertz CT molecular complexity index is 1000. The van der Waals surface area contributed by atoms with E-state index in [2.05, 4.69) is 32.1 Å². The first kappa shape index (κ1) is 26.1. The molecule has 0 aliphatic carbocycles. The van der Waals surface area contributed by atoms with Crippen LogP contribution in [0.4, 0.5) is 0 Å². The molecule has 0 unspecified atom stereocenters. The summed E-state index contributed by atoms with van der Waals surface area (Å²) in [6.07, 6.45) is 0.868. The van der Waals surface area contributed by atoms with E-state index in [1.165, 1.54) is 12.1 Å². The Kier molecular flexibility index (Phi) is 10.6. The third-order valence-corrected chi connectivity index (χ3v) is 4.76. The van der Waals surface area contributed by atoms with Crippen molar-refractivity contribution in [1.29, 1.82) is 0 Å². The van der Waals surface area contributed by atoms with Gasteiger partial charge in [0.15, 0.2) is 11.7 Å². The lowest BCUT2D eigenvalue weighted by molar-refractivity contribution is -0.123. The van der Waals surface area contributed by atoms with E-state index in [-0.39, 0.29) is 18.3 Å². The van der Waals surface area contributed by atoms with E-state index >= 15 is 0 Å². The van der Waals surface area contributed by atoms with Gasteiger partial charge in [-0.1, -0.05) is 6.92 Å². The number of carbonyl (C=O) groups is 3. The lowest BCUT2D eigenvalue weighted by Gasteiger charge is -2.12. The van der Waals surface area contributed by atoms with E-state index in [1.807, 2.05) is 6.92 Å². The van der Waals surface area contributed by atoms with Crippen molar-refractivity contribution in [2.45, 2.75) is 20.3 Å². The summed E-state index contributed by atoms with van der Waals surface area (Å²) in [6, 6.07) is 11.1. The molecule has 33 heavy (non-hydrogen) atoms. The smallest absolute Gasteiger partial charge is 0.338 e. The summed E-state index contributed by atoms with van der Waals surface area (Å²) >= 11 is 8.39. The number of hydrogen-bond acceptors (Lipinski definition) is 7. The third-order valence-electron chi connectivity index (χ3n) is 3.93. The average molecular weight is 538 g/mol. The lowest BCUT2D eigenvalue weighted by atomic mass is 10.2. The topological polar surface area (TPSA) is 115 Å². The largest absolute Gasteiger partial charge is 0.492 e. The van der Waals surface area contributed by atoms with Gasteiger partial charge in [0, 0.05) is 5.56 Å². The molecule has 0 atom stereocenters. The molecule has 0 radical (unpaired) electrons. The summed E-state index contributed by atoms with van der Waals surface area (Å²) < 4.78 is 16.4. The van der Waals surface area contributed by atoms with Crippen LogP contribution in [0.15, 0.2) is 46.9 Å². The average Bonchev–Trinajstić information content (AvgIpc) is 2.81. The van der Waals surface area contributed by atoms with Crippen LogP contribution >= 0.6 is 28.1 Å². The van der Waals surface area contributed by atoms with Crippen LogP contribution in [-0.4, -0.2) is 42.7 Å². The highest BCUT2D eigenvalue weighted by Gasteiger charge is 2.12. The molecule has 176 valence electrons. The summed E-state index contributed by atoms with van der Waals surface area (Å²) in [5.41, 5.74) is 5.50. The standard InChI is InChI=1S/C22H24BrN3O6S/c1-3-11-31-18-10-7-15(12-17(18)23)20(28)24-22(33)26-25-19(27)13-32-16-8-5-14(6-9-16)21(29)30-4-2/h5-10,12H,3-4,11,13H2,1-2H3,(H,25,27)(H2,24,26,28,33). The Morgan fingerprint density at radius 3 is 2.30 bits per heavy atom. The second-order valence-electron chi connectivity index (χ2n) is 6.48. The van der Waals surface area contributed by atoms with Gasteiger partial charge in [-0.3, -0.25) is 25.8 Å². The molecular formula is C22H24BrN3O6S. The number of carbonyl (C=O) groups excluding carboxylic acids is 3. The second-order valence-corrected chi connectivity index (χ2v) is 7.75. The van der Waals surface area contributed by atoms with E-state index in [0.717, 1.165) is 6.42 Å². The van der Waals surface area contributed by atoms with Gasteiger partial charge in [-0.05, 0) is 84.0 Å². The Labute approximate surface area is 205 Å². The van der Waals surface area contributed by atoms with Gasteiger partial charge in [0.25, 0.3) is 11.8 Å². The highest BCUT2D eigenvalue weighted by Crippen LogP contribution is 2.26. The second kappa shape index (κ2) is 13.4. The molecule has 2 rings (SSSR count). The summed E-state index contributed by atoms with van der Waals surface area (Å²) in [5.74, 6) is -0.388. The summed E-state index contributed by atoms with van der Waals surface area (Å²) in [6.45, 7) is 4.26. The van der Waals surface area contributed by atoms with Crippen molar-refractivity contribution < 1.29 is 28.6 Å². The van der Waals surface area contributed by atoms with Crippen LogP contribution in [0.5, 0.6) is 11.5 Å². The molecule has 0 heterocycles. The van der Waals surface area contributed by atoms with Gasteiger partial charge in [0.05, 0.1) is 23.2 Å². The van der Waals surface area contributed by atoms with Crippen molar-refractivity contribution >= 4 is 51.0 Å². The predicted molar refractivity (Wildman–Crippen MR) is 129 cm³/mol. The fourth-order valence-corrected chi connectivity index (χ4v) is 3.03. The third kappa shape index (κ3) is 8.70. The minimum absolute atomic E-state index is 0.0884. The zero-order valence-corrected chi connectivity index (χ0v) is 20.5. The predicted octanol–water partition coefficient (Wildman–Crippen LogP) is 3.13. The monoisotopic (exact) mass is 537 g/mol. The number of amides is 2. The molecule has 3 N–H and O–H groups in total. The zero-order chi connectivity index (χ0) is 24.2. The molecule has 9 nitrogen and oxygen atoms in total. The van der Waals surface area contributed by atoms with Crippen LogP contribution in [0.3, 0.4) is 0 Å². The Morgan fingerprint density at radius 2 is 1.67 bits per heavy atom. The van der Waals surface area contributed by atoms with Crippen LogP contribution < -0.4 is 25.6 Å². The van der Waals surface area contributed by atoms with Crippen molar-refractivity contribution in [1.82, 2.24) is 16.2 Å². The number of esters is 1. The van der Waals surface area contributed by atoms with Gasteiger partial charge in [-0.25, -0.2) is 4.79 Å². The van der Waals surface area contributed by atoms with E-state index in [0.29, 0.717) is 33.7 Å². The molecule has 0 bridgehead atoms.